The minimum atomic E-state index is -3.21. The predicted octanol–water partition coefficient (Wildman–Crippen LogP) is 2.73. The van der Waals surface area contributed by atoms with Crippen LogP contribution in [0.25, 0.3) is 0 Å². The van der Waals surface area contributed by atoms with Crippen molar-refractivity contribution in [1.29, 1.82) is 0 Å². The zero-order valence-corrected chi connectivity index (χ0v) is 5.71. The average molecular weight is 158 g/mol. The van der Waals surface area contributed by atoms with Crippen molar-refractivity contribution in [1.82, 2.24) is 0 Å². The molecule has 0 aliphatic rings. The molecule has 0 saturated carbocycles. The van der Waals surface area contributed by atoms with Crippen LogP contribution in [0.15, 0.2) is 0 Å². The maximum Gasteiger partial charge on any atom is 0.274 e. The molecular formula is C6H10F4. The maximum atomic E-state index is 12.5. The second-order valence-electron chi connectivity index (χ2n) is 2.22. The van der Waals surface area contributed by atoms with Gasteiger partial charge in [0, 0.05) is 0 Å². The summed E-state index contributed by atoms with van der Waals surface area (Å²) < 4.78 is 47.5. The summed E-state index contributed by atoms with van der Waals surface area (Å²) in [6.45, 7) is -0.0646. The van der Waals surface area contributed by atoms with E-state index in [1.54, 1.807) is 0 Å². The van der Waals surface area contributed by atoms with E-state index in [-0.39, 0.29) is 6.42 Å². The van der Waals surface area contributed by atoms with E-state index in [0.717, 1.165) is 0 Å². The first kappa shape index (κ1) is 9.72. The third kappa shape index (κ3) is 2.15. The van der Waals surface area contributed by atoms with Gasteiger partial charge in [-0.2, -0.15) is 0 Å². The summed E-state index contributed by atoms with van der Waals surface area (Å²) in [5.74, 6) is 0. The lowest BCUT2D eigenvalue weighted by atomic mass is 10.0. The molecule has 0 bridgehead atoms. The molecule has 0 fully saturated rings. The molecule has 0 rings (SSSR count). The van der Waals surface area contributed by atoms with Gasteiger partial charge in [0.05, 0.1) is 0 Å². The Balaban J connectivity index is 3.94. The fraction of sp³-hybridized carbons (Fsp3) is 1.00. The molecule has 0 heterocycles. The van der Waals surface area contributed by atoms with Crippen LogP contribution in [0.4, 0.5) is 17.6 Å². The number of hydrogen-bond acceptors (Lipinski definition) is 0. The third-order valence-corrected chi connectivity index (χ3v) is 1.28. The van der Waals surface area contributed by atoms with Crippen molar-refractivity contribution in [3.8, 4) is 0 Å². The largest absolute Gasteiger partial charge is 0.274 e. The van der Waals surface area contributed by atoms with Gasteiger partial charge in [-0.25, -0.2) is 17.6 Å². The molecule has 0 aliphatic carbocycles. The maximum absolute atomic E-state index is 12.5. The third-order valence-electron chi connectivity index (χ3n) is 1.28. The highest BCUT2D eigenvalue weighted by Crippen LogP contribution is 2.26. The van der Waals surface area contributed by atoms with E-state index in [4.69, 9.17) is 0 Å². The molecule has 1 atom stereocenters. The standard InChI is InChI=1S/C6H10F4/c1-2-3-6(10,4-7)5(8)9/h5H,2-4H2,1H3. The van der Waals surface area contributed by atoms with Crippen LogP contribution in [0.3, 0.4) is 0 Å². The van der Waals surface area contributed by atoms with Crippen LogP contribution in [-0.4, -0.2) is 18.8 Å². The smallest absolute Gasteiger partial charge is 0.247 e. The van der Waals surface area contributed by atoms with E-state index in [1.165, 1.54) is 6.92 Å². The molecule has 1 unspecified atom stereocenters. The van der Waals surface area contributed by atoms with E-state index >= 15 is 0 Å². The van der Waals surface area contributed by atoms with Crippen LogP contribution >= 0.6 is 0 Å². The molecule has 0 nitrogen and oxygen atoms in total. The zero-order chi connectivity index (χ0) is 8.20. The van der Waals surface area contributed by atoms with Crippen LogP contribution in [-0.2, 0) is 0 Å². The summed E-state index contributed by atoms with van der Waals surface area (Å²) in [4.78, 5) is 0. The molecule has 0 aliphatic heterocycles. The molecule has 4 heteroatoms. The minimum absolute atomic E-state index is 0.227. The Kier molecular flexibility index (Phi) is 3.68. The molecule has 10 heavy (non-hydrogen) atoms. The number of rotatable bonds is 4. The minimum Gasteiger partial charge on any atom is -0.247 e. The Morgan fingerprint density at radius 1 is 1.40 bits per heavy atom. The average Bonchev–Trinajstić information content (AvgIpc) is 1.88. The Hall–Kier alpha value is -0.280. The van der Waals surface area contributed by atoms with Crippen molar-refractivity contribution in [2.75, 3.05) is 6.67 Å². The number of halogens is 4. The van der Waals surface area contributed by atoms with E-state index in [0.29, 0.717) is 0 Å². The van der Waals surface area contributed by atoms with Crippen molar-refractivity contribution >= 4 is 0 Å². The van der Waals surface area contributed by atoms with Crippen LogP contribution in [0, 0.1) is 0 Å². The highest BCUT2D eigenvalue weighted by atomic mass is 19.3. The fourth-order valence-electron chi connectivity index (χ4n) is 0.650. The predicted molar refractivity (Wildman–Crippen MR) is 30.7 cm³/mol. The Morgan fingerprint density at radius 3 is 2.00 bits per heavy atom. The summed E-state index contributed by atoms with van der Waals surface area (Å²) in [6, 6.07) is 0. The molecule has 0 aromatic rings. The molecule has 62 valence electrons. The lowest BCUT2D eigenvalue weighted by molar-refractivity contribution is -0.0544. The summed E-state index contributed by atoms with van der Waals surface area (Å²) in [5.41, 5.74) is -2.91. The summed E-state index contributed by atoms with van der Waals surface area (Å²) >= 11 is 0. The Labute approximate surface area is 57.2 Å². The molecule has 0 aromatic heterocycles. The molecule has 0 N–H and O–H groups in total. The fourth-order valence-corrected chi connectivity index (χ4v) is 0.650. The summed E-state index contributed by atoms with van der Waals surface area (Å²) in [7, 11) is 0. The lowest BCUT2D eigenvalue weighted by Crippen LogP contribution is -2.34. The molecule has 0 spiro atoms. The van der Waals surface area contributed by atoms with Crippen molar-refractivity contribution < 1.29 is 17.6 Å². The first-order chi connectivity index (χ1) is 4.56. The summed E-state index contributed by atoms with van der Waals surface area (Å²) in [6.07, 6.45) is -3.40. The highest BCUT2D eigenvalue weighted by Gasteiger charge is 2.39. The molecule has 0 radical (unpaired) electrons. The van der Waals surface area contributed by atoms with Crippen molar-refractivity contribution in [2.24, 2.45) is 0 Å². The van der Waals surface area contributed by atoms with Crippen LogP contribution in [0.5, 0.6) is 0 Å². The van der Waals surface area contributed by atoms with Gasteiger partial charge in [0.15, 0.2) is 5.67 Å². The highest BCUT2D eigenvalue weighted by molar-refractivity contribution is 4.80. The van der Waals surface area contributed by atoms with Gasteiger partial charge in [-0.1, -0.05) is 13.3 Å². The van der Waals surface area contributed by atoms with Gasteiger partial charge in [0.2, 0.25) is 0 Å². The van der Waals surface area contributed by atoms with Gasteiger partial charge in [-0.05, 0) is 6.42 Å². The summed E-state index contributed by atoms with van der Waals surface area (Å²) in [5, 5.41) is 0. The van der Waals surface area contributed by atoms with E-state index in [1.807, 2.05) is 0 Å². The van der Waals surface area contributed by atoms with Crippen molar-refractivity contribution in [3.05, 3.63) is 0 Å². The second kappa shape index (κ2) is 3.78. The molecule has 0 aromatic carbocycles. The quantitative estimate of drug-likeness (QED) is 0.552. The van der Waals surface area contributed by atoms with Crippen LogP contribution in [0.1, 0.15) is 19.8 Å². The van der Waals surface area contributed by atoms with Gasteiger partial charge in [-0.3, -0.25) is 0 Å². The number of alkyl halides is 4. The molecule has 0 saturated heterocycles. The van der Waals surface area contributed by atoms with Crippen LogP contribution < -0.4 is 0 Å². The van der Waals surface area contributed by atoms with Gasteiger partial charge < -0.3 is 0 Å². The second-order valence-corrected chi connectivity index (χ2v) is 2.22. The van der Waals surface area contributed by atoms with Gasteiger partial charge >= 0.3 is 0 Å². The van der Waals surface area contributed by atoms with Crippen molar-refractivity contribution in [3.63, 3.8) is 0 Å². The van der Waals surface area contributed by atoms with E-state index in [9.17, 15) is 17.6 Å². The van der Waals surface area contributed by atoms with Gasteiger partial charge in [-0.15, -0.1) is 0 Å². The topological polar surface area (TPSA) is 0 Å². The first-order valence-corrected chi connectivity index (χ1v) is 3.10. The van der Waals surface area contributed by atoms with Crippen molar-refractivity contribution in [2.45, 2.75) is 31.9 Å². The Bertz CT molecular complexity index is 93.7. The number of hydrogen-bond donors (Lipinski definition) is 0. The SMILES string of the molecule is CCCC(F)(CF)C(F)F. The molecule has 0 amide bonds. The van der Waals surface area contributed by atoms with Crippen LogP contribution in [0.2, 0.25) is 0 Å². The lowest BCUT2D eigenvalue weighted by Gasteiger charge is -2.19. The monoisotopic (exact) mass is 158 g/mol. The normalized spacial score (nSPS) is 17.4. The van der Waals surface area contributed by atoms with Gasteiger partial charge in [0.1, 0.15) is 6.67 Å². The van der Waals surface area contributed by atoms with E-state index < -0.39 is 25.2 Å². The first-order valence-electron chi connectivity index (χ1n) is 3.10. The molecular weight excluding hydrogens is 148 g/mol. The van der Waals surface area contributed by atoms with E-state index in [2.05, 4.69) is 0 Å². The Morgan fingerprint density at radius 2 is 1.90 bits per heavy atom. The van der Waals surface area contributed by atoms with Gasteiger partial charge in [0.25, 0.3) is 6.43 Å². The zero-order valence-electron chi connectivity index (χ0n) is 5.71.